The lowest BCUT2D eigenvalue weighted by molar-refractivity contribution is 0.622. The van der Waals surface area contributed by atoms with Gasteiger partial charge in [0, 0.05) is 6.04 Å². The van der Waals surface area contributed by atoms with Crippen LogP contribution in [0.1, 0.15) is 17.2 Å². The van der Waals surface area contributed by atoms with Crippen molar-refractivity contribution < 1.29 is 4.39 Å². The standard InChI is InChI=1S/C12H10ClFINS/c13-12-7(2-1-3-9(12)14)4-10(16)8-5-11(15)17-6-8/h1-3,5-6,10H,4,16H2. The Bertz CT molecular complexity index is 529. The first-order valence-corrected chi connectivity index (χ1v) is 7.34. The molecule has 1 heterocycles. The number of thiophene rings is 1. The Morgan fingerprint density at radius 3 is 2.88 bits per heavy atom. The van der Waals surface area contributed by atoms with Gasteiger partial charge in [-0.05, 0) is 57.7 Å². The van der Waals surface area contributed by atoms with E-state index in [9.17, 15) is 4.39 Å². The third-order valence-corrected chi connectivity index (χ3v) is 4.72. The van der Waals surface area contributed by atoms with Crippen molar-refractivity contribution in [1.29, 1.82) is 0 Å². The molecule has 2 rings (SSSR count). The largest absolute Gasteiger partial charge is 0.324 e. The van der Waals surface area contributed by atoms with Crippen LogP contribution in [0.2, 0.25) is 5.02 Å². The average molecular weight is 382 g/mol. The zero-order valence-electron chi connectivity index (χ0n) is 8.79. The van der Waals surface area contributed by atoms with Crippen LogP contribution in [0.4, 0.5) is 4.39 Å². The first kappa shape index (κ1) is 13.3. The van der Waals surface area contributed by atoms with Crippen molar-refractivity contribution in [2.24, 2.45) is 5.73 Å². The van der Waals surface area contributed by atoms with E-state index in [1.165, 1.54) is 8.95 Å². The zero-order chi connectivity index (χ0) is 12.4. The summed E-state index contributed by atoms with van der Waals surface area (Å²) in [7, 11) is 0. The average Bonchev–Trinajstić information content (AvgIpc) is 2.72. The summed E-state index contributed by atoms with van der Waals surface area (Å²) in [4.78, 5) is 0. The van der Waals surface area contributed by atoms with Crippen LogP contribution in [-0.4, -0.2) is 0 Å². The number of halogens is 3. The molecule has 1 atom stereocenters. The molecule has 17 heavy (non-hydrogen) atoms. The van der Waals surface area contributed by atoms with Gasteiger partial charge >= 0.3 is 0 Å². The van der Waals surface area contributed by atoms with E-state index in [-0.39, 0.29) is 11.1 Å². The lowest BCUT2D eigenvalue weighted by Crippen LogP contribution is -2.12. The van der Waals surface area contributed by atoms with Crippen LogP contribution in [0.25, 0.3) is 0 Å². The molecule has 2 aromatic rings. The second kappa shape index (κ2) is 5.65. The highest BCUT2D eigenvalue weighted by Gasteiger charge is 2.12. The molecule has 1 unspecified atom stereocenters. The lowest BCUT2D eigenvalue weighted by atomic mass is 10.0. The van der Waals surface area contributed by atoms with Crippen LogP contribution in [0.15, 0.2) is 29.6 Å². The molecular weight excluding hydrogens is 372 g/mol. The predicted molar refractivity (Wildman–Crippen MR) is 79.1 cm³/mol. The molecule has 1 aromatic carbocycles. The molecular formula is C12H10ClFINS. The Kier molecular flexibility index (Phi) is 4.41. The van der Waals surface area contributed by atoms with Gasteiger partial charge in [-0.2, -0.15) is 0 Å². The number of benzene rings is 1. The Balaban J connectivity index is 2.18. The maximum atomic E-state index is 13.3. The maximum absolute atomic E-state index is 13.3. The molecule has 1 aromatic heterocycles. The summed E-state index contributed by atoms with van der Waals surface area (Å²) in [5, 5.41) is 2.20. The van der Waals surface area contributed by atoms with Gasteiger partial charge in [-0.1, -0.05) is 23.7 Å². The topological polar surface area (TPSA) is 26.0 Å². The number of rotatable bonds is 3. The molecule has 0 bridgehead atoms. The molecule has 0 radical (unpaired) electrons. The smallest absolute Gasteiger partial charge is 0.142 e. The molecule has 1 nitrogen and oxygen atoms in total. The van der Waals surface area contributed by atoms with Crippen molar-refractivity contribution in [3.63, 3.8) is 0 Å². The summed E-state index contributed by atoms with van der Waals surface area (Å²) in [5.41, 5.74) is 7.90. The monoisotopic (exact) mass is 381 g/mol. The minimum absolute atomic E-state index is 0.144. The predicted octanol–water partition coefficient (Wildman–Crippen LogP) is 4.39. The van der Waals surface area contributed by atoms with E-state index in [2.05, 4.69) is 22.6 Å². The molecule has 2 N–H and O–H groups in total. The molecule has 0 spiro atoms. The highest BCUT2D eigenvalue weighted by molar-refractivity contribution is 14.1. The Morgan fingerprint density at radius 2 is 2.24 bits per heavy atom. The number of nitrogens with two attached hydrogens (primary N) is 1. The van der Waals surface area contributed by atoms with Crippen molar-refractivity contribution in [3.8, 4) is 0 Å². The molecule has 0 aliphatic carbocycles. The van der Waals surface area contributed by atoms with Crippen LogP contribution < -0.4 is 5.73 Å². The van der Waals surface area contributed by atoms with E-state index in [1.807, 2.05) is 17.5 Å². The Morgan fingerprint density at radius 1 is 1.47 bits per heavy atom. The maximum Gasteiger partial charge on any atom is 0.142 e. The highest BCUT2D eigenvalue weighted by Crippen LogP contribution is 2.27. The SMILES string of the molecule is NC(Cc1cccc(F)c1Cl)c1csc(I)c1. The molecule has 0 amide bonds. The Labute approximate surface area is 122 Å². The molecule has 90 valence electrons. The summed E-state index contributed by atoms with van der Waals surface area (Å²) in [6, 6.07) is 6.71. The molecule has 0 aliphatic rings. The van der Waals surface area contributed by atoms with Gasteiger partial charge in [-0.3, -0.25) is 0 Å². The van der Waals surface area contributed by atoms with E-state index >= 15 is 0 Å². The first-order valence-electron chi connectivity index (χ1n) is 5.00. The lowest BCUT2D eigenvalue weighted by Gasteiger charge is -2.11. The van der Waals surface area contributed by atoms with E-state index < -0.39 is 5.82 Å². The summed E-state index contributed by atoms with van der Waals surface area (Å²) >= 11 is 9.80. The Hall–Kier alpha value is -0.170. The van der Waals surface area contributed by atoms with Crippen molar-refractivity contribution in [2.45, 2.75) is 12.5 Å². The quantitative estimate of drug-likeness (QED) is 0.784. The van der Waals surface area contributed by atoms with Crippen LogP contribution in [0.3, 0.4) is 0 Å². The second-order valence-electron chi connectivity index (χ2n) is 3.71. The summed E-state index contributed by atoms with van der Waals surface area (Å²) in [6.45, 7) is 0. The van der Waals surface area contributed by atoms with Gasteiger partial charge in [0.25, 0.3) is 0 Å². The molecule has 0 saturated heterocycles. The summed E-state index contributed by atoms with van der Waals surface area (Å²) < 4.78 is 14.5. The van der Waals surface area contributed by atoms with E-state index in [0.717, 1.165) is 11.1 Å². The molecule has 0 saturated carbocycles. The van der Waals surface area contributed by atoms with Crippen LogP contribution >= 0.6 is 45.5 Å². The fourth-order valence-electron chi connectivity index (χ4n) is 1.58. The van der Waals surface area contributed by atoms with Crippen LogP contribution in [-0.2, 0) is 6.42 Å². The third-order valence-electron chi connectivity index (χ3n) is 2.49. The summed E-state index contributed by atoms with van der Waals surface area (Å²) in [5.74, 6) is -0.392. The second-order valence-corrected chi connectivity index (χ2v) is 6.89. The molecule has 5 heteroatoms. The van der Waals surface area contributed by atoms with Crippen molar-refractivity contribution in [3.05, 3.63) is 54.5 Å². The number of hydrogen-bond acceptors (Lipinski definition) is 2. The van der Waals surface area contributed by atoms with Crippen molar-refractivity contribution in [2.75, 3.05) is 0 Å². The normalized spacial score (nSPS) is 12.7. The zero-order valence-corrected chi connectivity index (χ0v) is 12.5. The van der Waals surface area contributed by atoms with Gasteiger partial charge in [-0.25, -0.2) is 4.39 Å². The fraction of sp³-hybridized carbons (Fsp3) is 0.167. The van der Waals surface area contributed by atoms with Gasteiger partial charge in [0.15, 0.2) is 0 Å². The van der Waals surface area contributed by atoms with E-state index in [4.69, 9.17) is 17.3 Å². The van der Waals surface area contributed by atoms with Crippen molar-refractivity contribution in [1.82, 2.24) is 0 Å². The number of hydrogen-bond donors (Lipinski definition) is 1. The van der Waals surface area contributed by atoms with E-state index in [1.54, 1.807) is 17.4 Å². The van der Waals surface area contributed by atoms with Gasteiger partial charge in [0.05, 0.1) is 7.91 Å². The fourth-order valence-corrected chi connectivity index (χ4v) is 3.22. The summed E-state index contributed by atoms with van der Waals surface area (Å²) in [6.07, 6.45) is 0.545. The first-order chi connectivity index (χ1) is 8.08. The van der Waals surface area contributed by atoms with E-state index in [0.29, 0.717) is 6.42 Å². The molecule has 0 aliphatic heterocycles. The van der Waals surface area contributed by atoms with Gasteiger partial charge in [-0.15, -0.1) is 11.3 Å². The van der Waals surface area contributed by atoms with Gasteiger partial charge in [0.1, 0.15) is 5.82 Å². The van der Waals surface area contributed by atoms with Crippen LogP contribution in [0, 0.1) is 8.70 Å². The molecule has 0 fully saturated rings. The van der Waals surface area contributed by atoms with Crippen molar-refractivity contribution >= 4 is 45.5 Å². The minimum atomic E-state index is -0.392. The van der Waals surface area contributed by atoms with Crippen LogP contribution in [0.5, 0.6) is 0 Å². The van der Waals surface area contributed by atoms with Gasteiger partial charge in [0.2, 0.25) is 0 Å². The highest BCUT2D eigenvalue weighted by atomic mass is 127. The third kappa shape index (κ3) is 3.19. The minimum Gasteiger partial charge on any atom is -0.324 e. The van der Waals surface area contributed by atoms with Gasteiger partial charge < -0.3 is 5.73 Å².